The van der Waals surface area contributed by atoms with Crippen LogP contribution in [0.3, 0.4) is 0 Å². The first-order chi connectivity index (χ1) is 12.6. The lowest BCUT2D eigenvalue weighted by atomic mass is 9.86. The summed E-state index contributed by atoms with van der Waals surface area (Å²) in [6.45, 7) is 3.61. The molecule has 0 radical (unpaired) electrons. The largest absolute Gasteiger partial charge is 0.423 e. The van der Waals surface area contributed by atoms with Crippen LogP contribution in [0.2, 0.25) is 0 Å². The zero-order valence-electron chi connectivity index (χ0n) is 14.8. The molecule has 1 aliphatic heterocycles. The van der Waals surface area contributed by atoms with E-state index >= 15 is 0 Å². The Labute approximate surface area is 152 Å². The van der Waals surface area contributed by atoms with Gasteiger partial charge >= 0.3 is 0 Å². The second kappa shape index (κ2) is 8.00. The van der Waals surface area contributed by atoms with Crippen LogP contribution in [0.25, 0.3) is 11.1 Å². The van der Waals surface area contributed by atoms with Gasteiger partial charge in [0, 0.05) is 25.6 Å². The average molecular weight is 354 g/mol. The van der Waals surface area contributed by atoms with Crippen molar-refractivity contribution < 1.29 is 14.0 Å². The van der Waals surface area contributed by atoms with Gasteiger partial charge in [-0.2, -0.15) is 10.2 Å². The van der Waals surface area contributed by atoms with Crippen LogP contribution in [-0.4, -0.2) is 36.3 Å². The lowest BCUT2D eigenvalue weighted by Gasteiger charge is -2.30. The summed E-state index contributed by atoms with van der Waals surface area (Å²) in [6, 6.07) is 9.98. The number of aromatic nitrogens is 1. The lowest BCUT2D eigenvalue weighted by molar-refractivity contribution is -0.134. The van der Waals surface area contributed by atoms with Gasteiger partial charge in [0.1, 0.15) is 5.52 Å². The van der Waals surface area contributed by atoms with Gasteiger partial charge in [0.05, 0.1) is 6.07 Å². The van der Waals surface area contributed by atoms with E-state index in [9.17, 15) is 14.9 Å². The van der Waals surface area contributed by atoms with Crippen molar-refractivity contribution in [3.05, 3.63) is 24.3 Å². The number of oxazole rings is 1. The second-order valence-electron chi connectivity index (χ2n) is 6.48. The summed E-state index contributed by atoms with van der Waals surface area (Å²) in [7, 11) is 0. The van der Waals surface area contributed by atoms with E-state index < -0.39 is 11.8 Å². The Bertz CT molecular complexity index is 798. The monoisotopic (exact) mass is 354 g/mol. The third-order valence-corrected chi connectivity index (χ3v) is 4.68. The minimum atomic E-state index is -1.22. The molecule has 3 rings (SSSR count). The highest BCUT2D eigenvalue weighted by Crippen LogP contribution is 2.27. The number of carbonyl (C=O) groups excluding carboxylic acids is 2. The molecule has 7 heteroatoms. The molecule has 0 spiro atoms. The number of benzene rings is 1. The molecule has 7 nitrogen and oxygen atoms in total. The van der Waals surface area contributed by atoms with Crippen molar-refractivity contribution in [3.8, 4) is 6.07 Å². The number of hydrogen-bond donors (Lipinski definition) is 1. The fraction of sp³-hybridized carbons (Fsp3) is 0.474. The van der Waals surface area contributed by atoms with Crippen LogP contribution in [0.15, 0.2) is 28.7 Å². The van der Waals surface area contributed by atoms with Gasteiger partial charge in [-0.1, -0.05) is 19.1 Å². The van der Waals surface area contributed by atoms with Crippen molar-refractivity contribution in [2.24, 2.45) is 11.8 Å². The normalized spacial score (nSPS) is 16.2. The third kappa shape index (κ3) is 3.69. The Morgan fingerprint density at radius 2 is 2.12 bits per heavy atom. The summed E-state index contributed by atoms with van der Waals surface area (Å²) >= 11 is 0. The number of anilines is 1. The van der Waals surface area contributed by atoms with Crippen molar-refractivity contribution in [1.29, 1.82) is 5.26 Å². The lowest BCUT2D eigenvalue weighted by Crippen LogP contribution is -2.42. The third-order valence-electron chi connectivity index (χ3n) is 4.68. The predicted molar refractivity (Wildman–Crippen MR) is 96.4 cm³/mol. The van der Waals surface area contributed by atoms with Gasteiger partial charge < -0.3 is 14.6 Å². The summed E-state index contributed by atoms with van der Waals surface area (Å²) < 4.78 is 5.77. The van der Waals surface area contributed by atoms with E-state index in [0.29, 0.717) is 38.5 Å². The van der Waals surface area contributed by atoms with E-state index in [1.54, 1.807) is 0 Å². The molecule has 1 saturated heterocycles. The van der Waals surface area contributed by atoms with E-state index in [-0.39, 0.29) is 11.7 Å². The number of carbonyl (C=O) groups is 2. The second-order valence-corrected chi connectivity index (χ2v) is 6.48. The highest BCUT2D eigenvalue weighted by atomic mass is 16.4. The zero-order valence-corrected chi connectivity index (χ0v) is 14.8. The number of nitrogens with zero attached hydrogens (tertiary/aromatic N) is 3. The number of para-hydroxylation sites is 2. The van der Waals surface area contributed by atoms with Crippen LogP contribution >= 0.6 is 0 Å². The highest BCUT2D eigenvalue weighted by Gasteiger charge is 2.35. The van der Waals surface area contributed by atoms with Crippen LogP contribution in [0.4, 0.5) is 6.01 Å². The maximum atomic E-state index is 12.6. The van der Waals surface area contributed by atoms with Crippen molar-refractivity contribution in [2.45, 2.75) is 26.2 Å². The fourth-order valence-corrected chi connectivity index (χ4v) is 3.19. The van der Waals surface area contributed by atoms with Crippen molar-refractivity contribution in [1.82, 2.24) is 10.3 Å². The maximum absolute atomic E-state index is 12.6. The van der Waals surface area contributed by atoms with Crippen LogP contribution in [0.5, 0.6) is 0 Å². The van der Waals surface area contributed by atoms with E-state index in [1.807, 2.05) is 42.2 Å². The van der Waals surface area contributed by atoms with E-state index in [2.05, 4.69) is 10.3 Å². The number of ketones is 1. The minimum Gasteiger partial charge on any atom is -0.423 e. The molecule has 1 N–H and O–H groups in total. The molecule has 1 aromatic heterocycles. The number of fused-ring (bicyclic) bond motifs is 1. The summed E-state index contributed by atoms with van der Waals surface area (Å²) in [4.78, 5) is 31.1. The fourth-order valence-electron chi connectivity index (χ4n) is 3.19. The number of amides is 1. The molecule has 1 aromatic carbocycles. The molecule has 1 unspecified atom stereocenters. The number of nitriles is 1. The smallest absolute Gasteiger partial charge is 0.298 e. The first kappa shape index (κ1) is 17.9. The molecule has 2 heterocycles. The van der Waals surface area contributed by atoms with Gasteiger partial charge in [-0.25, -0.2) is 0 Å². The van der Waals surface area contributed by atoms with Gasteiger partial charge in [-0.3, -0.25) is 9.59 Å². The minimum absolute atomic E-state index is 0.279. The standard InChI is InChI=1S/C19H22N4O3/c1-2-9-21-18(25)14(12-20)17(24)13-7-10-23(11-8-13)19-22-15-5-3-4-6-16(15)26-19/h3-6,13-14H,2,7-11H2,1H3,(H,21,25). The first-order valence-electron chi connectivity index (χ1n) is 8.95. The van der Waals surface area contributed by atoms with Crippen LogP contribution in [0.1, 0.15) is 26.2 Å². The van der Waals surface area contributed by atoms with Crippen LogP contribution < -0.4 is 10.2 Å². The van der Waals surface area contributed by atoms with Crippen molar-refractivity contribution in [3.63, 3.8) is 0 Å². The van der Waals surface area contributed by atoms with Gasteiger partial charge in [0.2, 0.25) is 5.91 Å². The molecule has 2 aromatic rings. The number of piperidine rings is 1. The van der Waals surface area contributed by atoms with E-state index in [1.165, 1.54) is 0 Å². The van der Waals surface area contributed by atoms with Gasteiger partial charge in [-0.15, -0.1) is 0 Å². The number of hydrogen-bond acceptors (Lipinski definition) is 6. The Morgan fingerprint density at radius 3 is 2.77 bits per heavy atom. The highest BCUT2D eigenvalue weighted by molar-refractivity contribution is 6.04. The topological polar surface area (TPSA) is 99.2 Å². The van der Waals surface area contributed by atoms with Gasteiger partial charge in [-0.05, 0) is 31.4 Å². The Morgan fingerprint density at radius 1 is 1.38 bits per heavy atom. The van der Waals surface area contributed by atoms with Gasteiger partial charge in [0.25, 0.3) is 6.01 Å². The Kier molecular flexibility index (Phi) is 5.52. The molecule has 0 bridgehead atoms. The van der Waals surface area contributed by atoms with Crippen molar-refractivity contribution in [2.75, 3.05) is 24.5 Å². The molecule has 136 valence electrons. The van der Waals surface area contributed by atoms with Crippen LogP contribution in [-0.2, 0) is 9.59 Å². The summed E-state index contributed by atoms with van der Waals surface area (Å²) in [5.41, 5.74) is 1.54. The molecule has 1 fully saturated rings. The van der Waals surface area contributed by atoms with Crippen molar-refractivity contribution >= 4 is 28.8 Å². The van der Waals surface area contributed by atoms with Crippen LogP contribution in [0, 0.1) is 23.2 Å². The first-order valence-corrected chi connectivity index (χ1v) is 8.95. The van der Waals surface area contributed by atoms with Gasteiger partial charge in [0.15, 0.2) is 17.3 Å². The van der Waals surface area contributed by atoms with E-state index in [0.717, 1.165) is 17.5 Å². The summed E-state index contributed by atoms with van der Waals surface area (Å²) in [5.74, 6) is -2.27. The average Bonchev–Trinajstić information content (AvgIpc) is 3.11. The van der Waals surface area contributed by atoms with E-state index in [4.69, 9.17) is 4.42 Å². The molecular formula is C19H22N4O3. The molecule has 26 heavy (non-hydrogen) atoms. The molecular weight excluding hydrogens is 332 g/mol. The SMILES string of the molecule is CCCNC(=O)C(C#N)C(=O)C1CCN(c2nc3ccccc3o2)CC1. The summed E-state index contributed by atoms with van der Waals surface area (Å²) in [6.07, 6.45) is 1.93. The molecule has 1 aliphatic rings. The summed E-state index contributed by atoms with van der Waals surface area (Å²) in [5, 5.41) is 11.9. The molecule has 0 aliphatic carbocycles. The number of nitrogens with one attached hydrogen (secondary N) is 1. The Hall–Kier alpha value is -2.88. The number of rotatable bonds is 6. The zero-order chi connectivity index (χ0) is 18.5. The Balaban J connectivity index is 1.61. The quantitative estimate of drug-likeness (QED) is 0.799. The molecule has 1 amide bonds. The predicted octanol–water partition coefficient (Wildman–Crippen LogP) is 2.28. The molecule has 1 atom stereocenters. The maximum Gasteiger partial charge on any atom is 0.298 e. The molecule has 0 saturated carbocycles. The number of Topliss-reactive ketones (excluding diaryl/α,β-unsaturated/α-hetero) is 1.